The Morgan fingerprint density at radius 2 is 1.88 bits per heavy atom. The van der Waals surface area contributed by atoms with Gasteiger partial charge in [0.2, 0.25) is 5.95 Å². The maximum absolute atomic E-state index is 5.98. The van der Waals surface area contributed by atoms with E-state index in [4.69, 9.17) is 10.2 Å². The molecule has 2 N–H and O–H groups in total. The lowest BCUT2D eigenvalue weighted by atomic mass is 10.0. The number of hydrogen-bond acceptors (Lipinski definition) is 6. The van der Waals surface area contributed by atoms with Crippen molar-refractivity contribution in [1.82, 2.24) is 14.9 Å². The maximum atomic E-state index is 5.98. The summed E-state index contributed by atoms with van der Waals surface area (Å²) in [5.74, 6) is 2.15. The number of hydrogen-bond donors (Lipinski definition) is 1. The first kappa shape index (κ1) is 15.0. The van der Waals surface area contributed by atoms with Gasteiger partial charge in [-0.05, 0) is 37.7 Å². The van der Waals surface area contributed by atoms with Gasteiger partial charge in [-0.3, -0.25) is 0 Å². The first-order chi connectivity index (χ1) is 11.6. The lowest BCUT2D eigenvalue weighted by Gasteiger charge is -2.33. The molecule has 0 spiro atoms. The fourth-order valence-corrected chi connectivity index (χ4v) is 3.24. The lowest BCUT2D eigenvalue weighted by Crippen LogP contribution is -2.45. The van der Waals surface area contributed by atoms with Gasteiger partial charge in [0.25, 0.3) is 0 Å². The molecule has 0 aliphatic carbocycles. The van der Waals surface area contributed by atoms with E-state index in [-0.39, 0.29) is 0 Å². The van der Waals surface area contributed by atoms with Gasteiger partial charge < -0.3 is 20.0 Å². The summed E-state index contributed by atoms with van der Waals surface area (Å²) in [4.78, 5) is 13.6. The Morgan fingerprint density at radius 1 is 1.08 bits per heavy atom. The van der Waals surface area contributed by atoms with Crippen molar-refractivity contribution in [2.45, 2.75) is 6.92 Å². The number of nitrogens with two attached hydrogens (primary N) is 1. The zero-order valence-electron chi connectivity index (χ0n) is 14.0. The molecule has 3 aromatic rings. The molecule has 6 heteroatoms. The molecule has 24 heavy (non-hydrogen) atoms. The minimum absolute atomic E-state index is 0.317. The molecule has 4 rings (SSSR count). The second-order valence-corrected chi connectivity index (χ2v) is 6.32. The van der Waals surface area contributed by atoms with Crippen LogP contribution in [-0.4, -0.2) is 48.1 Å². The lowest BCUT2D eigenvalue weighted by molar-refractivity contribution is 0.312. The third-order valence-corrected chi connectivity index (χ3v) is 4.67. The van der Waals surface area contributed by atoms with Crippen molar-refractivity contribution in [3.05, 3.63) is 36.3 Å². The highest BCUT2D eigenvalue weighted by molar-refractivity contribution is 5.93. The fourth-order valence-electron chi connectivity index (χ4n) is 3.24. The molecule has 1 aromatic carbocycles. The standard InChI is InChI=1S/C18H21N5O/c1-12-14(5-10-24-12)13-3-4-15-16(11-13)20-18(19)21-17(15)23-8-6-22(2)7-9-23/h3-5,10-11H,6-9H2,1-2H3,(H2,19,20,21). The van der Waals surface area contributed by atoms with Crippen LogP contribution in [0.2, 0.25) is 0 Å². The summed E-state index contributed by atoms with van der Waals surface area (Å²) in [7, 11) is 2.14. The summed E-state index contributed by atoms with van der Waals surface area (Å²) in [6.45, 7) is 5.91. The monoisotopic (exact) mass is 323 g/mol. The molecule has 1 aliphatic rings. The van der Waals surface area contributed by atoms with Crippen LogP contribution in [0.25, 0.3) is 22.0 Å². The number of aromatic nitrogens is 2. The van der Waals surface area contributed by atoms with Crippen molar-refractivity contribution in [3.8, 4) is 11.1 Å². The minimum Gasteiger partial charge on any atom is -0.469 e. The van der Waals surface area contributed by atoms with Crippen LogP contribution in [0.15, 0.2) is 34.9 Å². The SMILES string of the molecule is Cc1occc1-c1ccc2c(N3CCN(C)CC3)nc(N)nc2c1. The Kier molecular flexibility index (Phi) is 3.61. The summed E-state index contributed by atoms with van der Waals surface area (Å²) in [5, 5.41) is 1.04. The van der Waals surface area contributed by atoms with Crippen LogP contribution in [0.1, 0.15) is 5.76 Å². The third kappa shape index (κ3) is 2.59. The number of fused-ring (bicyclic) bond motifs is 1. The Balaban J connectivity index is 1.80. The number of piperazine rings is 1. The zero-order valence-corrected chi connectivity index (χ0v) is 14.0. The number of furan rings is 1. The van der Waals surface area contributed by atoms with E-state index in [9.17, 15) is 0 Å². The molecule has 0 unspecified atom stereocenters. The molecule has 1 fully saturated rings. The van der Waals surface area contributed by atoms with Crippen LogP contribution < -0.4 is 10.6 Å². The largest absolute Gasteiger partial charge is 0.469 e. The Bertz CT molecular complexity index is 880. The molecule has 3 heterocycles. The average Bonchev–Trinajstić information content (AvgIpc) is 3.00. The van der Waals surface area contributed by atoms with E-state index in [1.807, 2.05) is 13.0 Å². The van der Waals surface area contributed by atoms with E-state index in [1.54, 1.807) is 6.26 Å². The molecule has 1 saturated heterocycles. The number of anilines is 2. The highest BCUT2D eigenvalue weighted by Crippen LogP contribution is 2.31. The Hall–Kier alpha value is -2.60. The number of aryl methyl sites for hydroxylation is 1. The molecule has 0 radical (unpaired) electrons. The maximum Gasteiger partial charge on any atom is 0.222 e. The number of benzene rings is 1. The smallest absolute Gasteiger partial charge is 0.222 e. The Labute approximate surface area is 140 Å². The molecule has 0 bridgehead atoms. The number of nitrogen functional groups attached to an aromatic ring is 1. The van der Waals surface area contributed by atoms with E-state index >= 15 is 0 Å². The van der Waals surface area contributed by atoms with Crippen LogP contribution >= 0.6 is 0 Å². The van der Waals surface area contributed by atoms with Crippen molar-refractivity contribution >= 4 is 22.7 Å². The predicted molar refractivity (Wildman–Crippen MR) is 96.1 cm³/mol. The van der Waals surface area contributed by atoms with Crippen LogP contribution in [0.4, 0.5) is 11.8 Å². The molecule has 124 valence electrons. The predicted octanol–water partition coefficient (Wildman–Crippen LogP) is 2.53. The van der Waals surface area contributed by atoms with Gasteiger partial charge in [0.15, 0.2) is 0 Å². The molecule has 0 amide bonds. The number of likely N-dealkylation sites (N-methyl/N-ethyl adjacent to an activating group) is 1. The van der Waals surface area contributed by atoms with Gasteiger partial charge in [0.05, 0.1) is 11.8 Å². The van der Waals surface area contributed by atoms with Crippen LogP contribution in [0, 0.1) is 6.92 Å². The zero-order chi connectivity index (χ0) is 16.7. The molecule has 0 atom stereocenters. The van der Waals surface area contributed by atoms with Crippen LogP contribution in [-0.2, 0) is 0 Å². The van der Waals surface area contributed by atoms with Crippen molar-refractivity contribution < 1.29 is 4.42 Å². The first-order valence-corrected chi connectivity index (χ1v) is 8.17. The van der Waals surface area contributed by atoms with Crippen molar-refractivity contribution in [2.24, 2.45) is 0 Å². The van der Waals surface area contributed by atoms with Crippen molar-refractivity contribution in [2.75, 3.05) is 43.9 Å². The molecular formula is C18H21N5O. The van der Waals surface area contributed by atoms with Gasteiger partial charge in [-0.15, -0.1) is 0 Å². The van der Waals surface area contributed by atoms with E-state index < -0.39 is 0 Å². The molecule has 0 saturated carbocycles. The minimum atomic E-state index is 0.317. The molecule has 6 nitrogen and oxygen atoms in total. The second kappa shape index (κ2) is 5.79. The number of rotatable bonds is 2. The van der Waals surface area contributed by atoms with E-state index in [1.165, 1.54) is 0 Å². The summed E-state index contributed by atoms with van der Waals surface area (Å²) < 4.78 is 5.41. The summed E-state index contributed by atoms with van der Waals surface area (Å²) in [5.41, 5.74) is 9.01. The fraction of sp³-hybridized carbons (Fsp3) is 0.333. The van der Waals surface area contributed by atoms with E-state index in [0.29, 0.717) is 5.95 Å². The highest BCUT2D eigenvalue weighted by Gasteiger charge is 2.19. The Morgan fingerprint density at radius 3 is 2.58 bits per heavy atom. The van der Waals surface area contributed by atoms with Gasteiger partial charge in [0.1, 0.15) is 11.6 Å². The summed E-state index contributed by atoms with van der Waals surface area (Å²) in [6.07, 6.45) is 1.71. The second-order valence-electron chi connectivity index (χ2n) is 6.32. The quantitative estimate of drug-likeness (QED) is 0.781. The summed E-state index contributed by atoms with van der Waals surface area (Å²) in [6, 6.07) is 8.22. The van der Waals surface area contributed by atoms with Gasteiger partial charge in [-0.2, -0.15) is 4.98 Å². The highest BCUT2D eigenvalue weighted by atomic mass is 16.3. The normalized spacial score (nSPS) is 16.0. The van der Waals surface area contributed by atoms with Gasteiger partial charge in [-0.1, -0.05) is 6.07 Å². The average molecular weight is 323 g/mol. The first-order valence-electron chi connectivity index (χ1n) is 8.17. The molecule has 2 aromatic heterocycles. The van der Waals surface area contributed by atoms with Gasteiger partial charge >= 0.3 is 0 Å². The van der Waals surface area contributed by atoms with E-state index in [0.717, 1.165) is 59.8 Å². The van der Waals surface area contributed by atoms with Crippen LogP contribution in [0.3, 0.4) is 0 Å². The van der Waals surface area contributed by atoms with Crippen molar-refractivity contribution in [1.29, 1.82) is 0 Å². The van der Waals surface area contributed by atoms with Crippen LogP contribution in [0.5, 0.6) is 0 Å². The van der Waals surface area contributed by atoms with Crippen molar-refractivity contribution in [3.63, 3.8) is 0 Å². The molecular weight excluding hydrogens is 302 g/mol. The number of nitrogens with zero attached hydrogens (tertiary/aromatic N) is 4. The third-order valence-electron chi connectivity index (χ3n) is 4.67. The van der Waals surface area contributed by atoms with Gasteiger partial charge in [-0.25, -0.2) is 4.98 Å². The van der Waals surface area contributed by atoms with Gasteiger partial charge in [0, 0.05) is 37.1 Å². The summed E-state index contributed by atoms with van der Waals surface area (Å²) >= 11 is 0. The topological polar surface area (TPSA) is 71.4 Å². The molecule has 1 aliphatic heterocycles. The van der Waals surface area contributed by atoms with E-state index in [2.05, 4.69) is 45.0 Å².